The number of methoxy groups -OCH3 is 1. The van der Waals surface area contributed by atoms with Gasteiger partial charge in [0.15, 0.2) is 5.69 Å². The predicted octanol–water partition coefficient (Wildman–Crippen LogP) is 1.77. The van der Waals surface area contributed by atoms with Crippen LogP contribution in [0.1, 0.15) is 23.0 Å². The molecule has 0 aliphatic carbocycles. The summed E-state index contributed by atoms with van der Waals surface area (Å²) < 4.78 is 11.2. The van der Waals surface area contributed by atoms with Crippen molar-refractivity contribution >= 4 is 17.4 Å². The Morgan fingerprint density at radius 1 is 1.22 bits per heavy atom. The zero-order valence-corrected chi connectivity index (χ0v) is 17.1. The van der Waals surface area contributed by atoms with Gasteiger partial charge in [-0.3, -0.25) is 4.79 Å². The number of anilines is 1. The van der Waals surface area contributed by atoms with Gasteiger partial charge in [-0.05, 0) is 41.5 Å². The highest BCUT2D eigenvalue weighted by Gasteiger charge is 2.25. The summed E-state index contributed by atoms with van der Waals surface area (Å²) in [6.07, 6.45) is 0. The molecule has 2 aromatic heterocycles. The van der Waals surface area contributed by atoms with Crippen molar-refractivity contribution in [2.45, 2.75) is 6.92 Å². The van der Waals surface area contributed by atoms with Crippen molar-refractivity contribution in [1.82, 2.24) is 30.7 Å². The number of carbonyl (C=O) groups excluding carboxylic acids is 1. The molecule has 32 heavy (non-hydrogen) atoms. The van der Waals surface area contributed by atoms with Crippen molar-refractivity contribution in [1.29, 1.82) is 0 Å². The van der Waals surface area contributed by atoms with E-state index in [1.807, 2.05) is 0 Å². The molecular weight excluding hydrogens is 416 g/mol. The molecule has 4 aromatic rings. The van der Waals surface area contributed by atoms with Crippen molar-refractivity contribution < 1.29 is 19.3 Å². The highest BCUT2D eigenvalue weighted by molar-refractivity contribution is 6.02. The van der Waals surface area contributed by atoms with Crippen LogP contribution in [0.3, 0.4) is 0 Å². The molecule has 0 saturated heterocycles. The van der Waals surface area contributed by atoms with Gasteiger partial charge in [-0.25, -0.2) is 10.1 Å². The van der Waals surface area contributed by atoms with Crippen LogP contribution < -0.4 is 15.9 Å². The molecule has 12 heteroatoms. The number of nitrogen functional groups attached to an aromatic ring is 1. The van der Waals surface area contributed by atoms with E-state index in [2.05, 4.69) is 35.8 Å². The summed E-state index contributed by atoms with van der Waals surface area (Å²) in [5, 5.41) is 29.0. The number of carbonyl (C=O) groups is 1. The van der Waals surface area contributed by atoms with E-state index in [-0.39, 0.29) is 28.8 Å². The van der Waals surface area contributed by atoms with E-state index in [1.54, 1.807) is 49.4 Å². The van der Waals surface area contributed by atoms with Gasteiger partial charge >= 0.3 is 0 Å². The minimum absolute atomic E-state index is 0.0243. The fraction of sp³-hybridized carbons (Fsp3) is 0.100. The number of hydrogen-bond donors (Lipinski definition) is 3. The topological polar surface area (TPSA) is 167 Å². The van der Waals surface area contributed by atoms with Gasteiger partial charge in [0.1, 0.15) is 17.2 Å². The third kappa shape index (κ3) is 3.96. The van der Waals surface area contributed by atoms with Gasteiger partial charge in [-0.15, -0.1) is 5.10 Å². The first-order chi connectivity index (χ1) is 15.5. The molecule has 4 N–H and O–H groups in total. The number of nitrogens with one attached hydrogen (secondary N) is 1. The Morgan fingerprint density at radius 2 is 2.03 bits per heavy atom. The summed E-state index contributed by atoms with van der Waals surface area (Å²) in [5.41, 5.74) is 10.2. The largest absolute Gasteiger partial charge is 0.508 e. The monoisotopic (exact) mass is 434 g/mol. The molecule has 0 radical (unpaired) electrons. The molecule has 0 bridgehead atoms. The maximum absolute atomic E-state index is 13.0. The summed E-state index contributed by atoms with van der Waals surface area (Å²) in [6, 6.07) is 13.5. The molecular formula is C20H18N8O4. The quantitative estimate of drug-likeness (QED) is 0.303. The Hall–Kier alpha value is -4.74. The van der Waals surface area contributed by atoms with Crippen LogP contribution in [0.25, 0.3) is 17.1 Å². The van der Waals surface area contributed by atoms with E-state index in [9.17, 15) is 9.90 Å². The maximum atomic E-state index is 13.0. The molecule has 162 valence electrons. The highest BCUT2D eigenvalue weighted by atomic mass is 16.6. The number of ether oxygens (including phenoxy) is 1. The molecule has 2 heterocycles. The number of aromatic hydroxyl groups is 1. The average molecular weight is 434 g/mol. The molecule has 1 amide bonds. The Morgan fingerprint density at radius 3 is 2.75 bits per heavy atom. The summed E-state index contributed by atoms with van der Waals surface area (Å²) >= 11 is 0. The second-order valence-corrected chi connectivity index (χ2v) is 6.59. The lowest BCUT2D eigenvalue weighted by molar-refractivity contribution is 0.0950. The number of rotatable bonds is 6. The number of nitrogens with two attached hydrogens (primary N) is 1. The zero-order chi connectivity index (χ0) is 22.7. The first-order valence-corrected chi connectivity index (χ1v) is 9.30. The van der Waals surface area contributed by atoms with E-state index >= 15 is 0 Å². The van der Waals surface area contributed by atoms with E-state index in [1.165, 1.54) is 17.9 Å². The number of phenols is 1. The van der Waals surface area contributed by atoms with E-state index < -0.39 is 5.91 Å². The molecule has 0 unspecified atom stereocenters. The molecule has 2 aromatic carbocycles. The third-order valence-corrected chi connectivity index (χ3v) is 4.51. The zero-order valence-electron chi connectivity index (χ0n) is 17.1. The van der Waals surface area contributed by atoms with Crippen LogP contribution in [0.2, 0.25) is 0 Å². The van der Waals surface area contributed by atoms with Crippen LogP contribution in [-0.2, 0) is 0 Å². The molecule has 0 saturated carbocycles. The van der Waals surface area contributed by atoms with Gasteiger partial charge in [0.05, 0.1) is 12.8 Å². The number of aromatic nitrogens is 5. The standard InChI is InChI=1S/C20H18N8O4/c1-11(12-5-3-7-14(29)9-12)22-24-20(30)16-17(13-6-4-8-15(10-13)31-2)28(27-23-16)19-18(21)25-32-26-19/h3-10,29H,1-2H3,(H2,21,25)(H,24,30)/b22-11+. The van der Waals surface area contributed by atoms with Gasteiger partial charge in [0, 0.05) is 11.1 Å². The van der Waals surface area contributed by atoms with E-state index in [0.717, 1.165) is 0 Å². The molecule has 12 nitrogen and oxygen atoms in total. The molecule has 0 spiro atoms. The third-order valence-electron chi connectivity index (χ3n) is 4.51. The van der Waals surface area contributed by atoms with E-state index in [4.69, 9.17) is 10.5 Å². The first-order valence-electron chi connectivity index (χ1n) is 9.30. The summed E-state index contributed by atoms with van der Waals surface area (Å²) in [6.45, 7) is 1.69. The Bertz CT molecular complexity index is 1310. The number of nitrogens with zero attached hydrogens (tertiary/aromatic N) is 6. The smallest absolute Gasteiger partial charge is 0.294 e. The summed E-state index contributed by atoms with van der Waals surface area (Å²) in [7, 11) is 1.53. The van der Waals surface area contributed by atoms with Crippen LogP contribution in [0.15, 0.2) is 58.3 Å². The number of amides is 1. The minimum Gasteiger partial charge on any atom is -0.508 e. The predicted molar refractivity (Wildman–Crippen MR) is 113 cm³/mol. The van der Waals surface area contributed by atoms with Crippen molar-refractivity contribution in [3.63, 3.8) is 0 Å². The van der Waals surface area contributed by atoms with Gasteiger partial charge in [-0.2, -0.15) is 9.78 Å². The molecule has 4 rings (SSSR count). The average Bonchev–Trinajstić information content (AvgIpc) is 3.43. The fourth-order valence-electron chi connectivity index (χ4n) is 2.93. The highest BCUT2D eigenvalue weighted by Crippen LogP contribution is 2.29. The number of benzene rings is 2. The van der Waals surface area contributed by atoms with E-state index in [0.29, 0.717) is 22.6 Å². The minimum atomic E-state index is -0.622. The summed E-state index contributed by atoms with van der Waals surface area (Å²) in [5.74, 6) is 0.0808. The number of hydrazone groups is 1. The van der Waals surface area contributed by atoms with Crippen LogP contribution in [0, 0.1) is 0 Å². The number of phenolic OH excluding ortho intramolecular Hbond substituents is 1. The lowest BCUT2D eigenvalue weighted by atomic mass is 10.1. The normalized spacial score (nSPS) is 11.4. The van der Waals surface area contributed by atoms with Crippen LogP contribution in [0.4, 0.5) is 5.82 Å². The number of hydrogen-bond acceptors (Lipinski definition) is 10. The van der Waals surface area contributed by atoms with Crippen LogP contribution in [0.5, 0.6) is 11.5 Å². The SMILES string of the molecule is COc1cccc(-c2c(C(=O)N/N=C(\C)c3cccc(O)c3)nnn2-c2nonc2N)c1. The van der Waals surface area contributed by atoms with Crippen molar-refractivity contribution in [2.24, 2.45) is 5.10 Å². The van der Waals surface area contributed by atoms with Crippen LogP contribution in [-0.4, -0.2) is 49.1 Å². The lowest BCUT2D eigenvalue weighted by Gasteiger charge is -2.08. The van der Waals surface area contributed by atoms with Crippen molar-refractivity contribution in [3.05, 3.63) is 59.8 Å². The fourth-order valence-corrected chi connectivity index (χ4v) is 2.93. The summed E-state index contributed by atoms with van der Waals surface area (Å²) in [4.78, 5) is 13.0. The van der Waals surface area contributed by atoms with Gasteiger partial charge < -0.3 is 15.6 Å². The van der Waals surface area contributed by atoms with Gasteiger partial charge in [0.2, 0.25) is 11.6 Å². The van der Waals surface area contributed by atoms with Crippen LogP contribution >= 0.6 is 0 Å². The van der Waals surface area contributed by atoms with Crippen molar-refractivity contribution in [2.75, 3.05) is 12.8 Å². The van der Waals surface area contributed by atoms with Crippen molar-refractivity contribution in [3.8, 4) is 28.6 Å². The molecule has 0 aliphatic heterocycles. The van der Waals surface area contributed by atoms with Gasteiger partial charge in [-0.1, -0.05) is 29.5 Å². The second-order valence-electron chi connectivity index (χ2n) is 6.59. The van der Waals surface area contributed by atoms with Gasteiger partial charge in [0.25, 0.3) is 5.91 Å². The second kappa shape index (κ2) is 8.55. The maximum Gasteiger partial charge on any atom is 0.294 e. The Labute approximate surface area is 181 Å². The molecule has 0 atom stereocenters. The molecule has 0 fully saturated rings. The lowest BCUT2D eigenvalue weighted by Crippen LogP contribution is -2.21. The Kier molecular flexibility index (Phi) is 5.49. The Balaban J connectivity index is 1.73. The molecule has 0 aliphatic rings. The first kappa shape index (κ1) is 20.5.